The number of aryl methyl sites for hydroxylation is 1. The quantitative estimate of drug-likeness (QED) is 0.289. The van der Waals surface area contributed by atoms with Gasteiger partial charge in [-0.25, -0.2) is 5.43 Å². The molecule has 2 aromatic carbocycles. The molecule has 0 bridgehead atoms. The van der Waals surface area contributed by atoms with E-state index >= 15 is 0 Å². The first kappa shape index (κ1) is 20.9. The normalized spacial score (nSPS) is 11.0. The molecule has 0 aliphatic rings. The van der Waals surface area contributed by atoms with Gasteiger partial charge in [-0.2, -0.15) is 5.10 Å². The van der Waals surface area contributed by atoms with Gasteiger partial charge in [0.05, 0.1) is 26.0 Å². The van der Waals surface area contributed by atoms with Crippen molar-refractivity contribution in [3.8, 4) is 5.75 Å². The zero-order chi connectivity index (χ0) is 19.1. The molecule has 0 atom stereocenters. The lowest BCUT2D eigenvalue weighted by Crippen LogP contribution is -2.25. The van der Waals surface area contributed by atoms with Crippen LogP contribution in [0.2, 0.25) is 0 Å². The Labute approximate surface area is 181 Å². The van der Waals surface area contributed by atoms with Crippen molar-refractivity contribution in [2.24, 2.45) is 5.10 Å². The summed E-state index contributed by atoms with van der Waals surface area (Å²) in [7, 11) is 0. The highest BCUT2D eigenvalue weighted by Crippen LogP contribution is 2.29. The van der Waals surface area contributed by atoms with Gasteiger partial charge in [0, 0.05) is 5.69 Å². The minimum absolute atomic E-state index is 0.122. The molecule has 0 radical (unpaired) electrons. The van der Waals surface area contributed by atoms with Gasteiger partial charge in [0.25, 0.3) is 5.91 Å². The van der Waals surface area contributed by atoms with Gasteiger partial charge in [0.1, 0.15) is 5.75 Å². The van der Waals surface area contributed by atoms with E-state index < -0.39 is 0 Å². The fraction of sp³-hybridized carbons (Fsp3) is 0.263. The summed E-state index contributed by atoms with van der Waals surface area (Å²) in [5, 5.41) is 7.09. The number of ether oxygens (including phenoxy) is 1. The number of hydrogen-bond donors (Lipinski definition) is 2. The monoisotopic (exact) mass is 577 g/mol. The molecule has 7 heteroatoms. The maximum absolute atomic E-state index is 11.9. The molecule has 0 heterocycles. The molecular formula is C19H21I2N3O2. The molecule has 26 heavy (non-hydrogen) atoms. The SMILES string of the molecule is Cc1ccc(NCC(=O)N/N=C\c2cc(I)c(OC(C)C)c(I)c2)cc1. The number of hydrogen-bond acceptors (Lipinski definition) is 4. The maximum Gasteiger partial charge on any atom is 0.259 e. The molecule has 2 aromatic rings. The third-order valence-electron chi connectivity index (χ3n) is 3.28. The standard InChI is InChI=1S/C19H21I2N3O2/c1-12(2)26-19-16(20)8-14(9-17(19)21)10-23-24-18(25)11-22-15-6-4-13(3)5-7-15/h4-10,12,22H,11H2,1-3H3,(H,24,25)/b23-10-. The summed E-state index contributed by atoms with van der Waals surface area (Å²) < 4.78 is 7.84. The van der Waals surface area contributed by atoms with E-state index in [-0.39, 0.29) is 18.6 Å². The maximum atomic E-state index is 11.9. The molecular weight excluding hydrogens is 556 g/mol. The third-order valence-corrected chi connectivity index (χ3v) is 4.88. The first-order valence-electron chi connectivity index (χ1n) is 8.13. The van der Waals surface area contributed by atoms with Crippen LogP contribution in [0.5, 0.6) is 5.75 Å². The van der Waals surface area contributed by atoms with Crippen LogP contribution in [0.3, 0.4) is 0 Å². The zero-order valence-corrected chi connectivity index (χ0v) is 19.2. The molecule has 2 rings (SSSR count). The van der Waals surface area contributed by atoms with Crippen molar-refractivity contribution in [2.75, 3.05) is 11.9 Å². The van der Waals surface area contributed by atoms with Crippen LogP contribution in [0.25, 0.3) is 0 Å². The van der Waals surface area contributed by atoms with Gasteiger partial charge in [-0.05, 0) is 95.8 Å². The van der Waals surface area contributed by atoms with Crippen molar-refractivity contribution in [1.82, 2.24) is 5.43 Å². The van der Waals surface area contributed by atoms with Gasteiger partial charge in [0.2, 0.25) is 0 Å². The summed E-state index contributed by atoms with van der Waals surface area (Å²) >= 11 is 4.49. The van der Waals surface area contributed by atoms with Crippen LogP contribution < -0.4 is 15.5 Å². The van der Waals surface area contributed by atoms with E-state index in [0.717, 1.165) is 24.1 Å². The van der Waals surface area contributed by atoms with E-state index in [0.29, 0.717) is 0 Å². The van der Waals surface area contributed by atoms with E-state index in [1.165, 1.54) is 5.56 Å². The molecule has 138 valence electrons. The van der Waals surface area contributed by atoms with E-state index in [1.54, 1.807) is 6.21 Å². The first-order valence-corrected chi connectivity index (χ1v) is 10.3. The summed E-state index contributed by atoms with van der Waals surface area (Å²) in [5.74, 6) is 0.677. The van der Waals surface area contributed by atoms with Crippen LogP contribution in [0.4, 0.5) is 5.69 Å². The number of nitrogens with one attached hydrogen (secondary N) is 2. The number of carbonyl (C=O) groups excluding carboxylic acids is 1. The summed E-state index contributed by atoms with van der Waals surface area (Å²) in [4.78, 5) is 11.9. The minimum atomic E-state index is -0.203. The second-order valence-corrected chi connectivity index (χ2v) is 8.32. The Morgan fingerprint density at radius 3 is 2.38 bits per heavy atom. The summed E-state index contributed by atoms with van der Waals surface area (Å²) in [6.07, 6.45) is 1.75. The third kappa shape index (κ3) is 6.75. The Morgan fingerprint density at radius 1 is 1.19 bits per heavy atom. The topological polar surface area (TPSA) is 62.7 Å². The molecule has 0 aliphatic carbocycles. The molecule has 5 nitrogen and oxygen atoms in total. The number of halogens is 2. The van der Waals surface area contributed by atoms with Gasteiger partial charge in [0.15, 0.2) is 0 Å². The summed E-state index contributed by atoms with van der Waals surface area (Å²) in [6, 6.07) is 11.8. The fourth-order valence-electron chi connectivity index (χ4n) is 2.07. The lowest BCUT2D eigenvalue weighted by atomic mass is 10.2. The van der Waals surface area contributed by atoms with Crippen molar-refractivity contribution < 1.29 is 9.53 Å². The van der Waals surface area contributed by atoms with Gasteiger partial charge in [-0.1, -0.05) is 17.7 Å². The molecule has 1 amide bonds. The van der Waals surface area contributed by atoms with Crippen LogP contribution in [-0.4, -0.2) is 24.8 Å². The van der Waals surface area contributed by atoms with Gasteiger partial charge in [-0.15, -0.1) is 0 Å². The van der Waals surface area contributed by atoms with Crippen LogP contribution in [0, 0.1) is 14.1 Å². The Hall–Kier alpha value is -1.36. The molecule has 2 N–H and O–H groups in total. The van der Waals surface area contributed by atoms with Crippen LogP contribution in [0.15, 0.2) is 41.5 Å². The number of benzene rings is 2. The Morgan fingerprint density at radius 2 is 1.81 bits per heavy atom. The lowest BCUT2D eigenvalue weighted by Gasteiger charge is -2.14. The number of amides is 1. The molecule has 0 aromatic heterocycles. The summed E-state index contributed by atoms with van der Waals surface area (Å²) in [5.41, 5.74) is 5.52. The highest BCUT2D eigenvalue weighted by Gasteiger charge is 2.10. The van der Waals surface area contributed by atoms with Crippen LogP contribution in [-0.2, 0) is 4.79 Å². The molecule has 0 aliphatic heterocycles. The predicted octanol–water partition coefficient (Wildman–Crippen LogP) is 4.55. The van der Waals surface area contributed by atoms with Gasteiger partial charge in [-0.3, -0.25) is 4.79 Å². The fourth-order valence-corrected chi connectivity index (χ4v) is 4.14. The van der Waals surface area contributed by atoms with E-state index in [9.17, 15) is 4.79 Å². The molecule has 0 spiro atoms. The van der Waals surface area contributed by atoms with Gasteiger partial charge >= 0.3 is 0 Å². The Bertz CT molecular complexity index is 767. The molecule has 0 unspecified atom stereocenters. The Balaban J connectivity index is 1.89. The van der Waals surface area contributed by atoms with Crippen LogP contribution >= 0.6 is 45.2 Å². The van der Waals surface area contributed by atoms with Crippen molar-refractivity contribution in [3.05, 3.63) is 54.7 Å². The van der Waals surface area contributed by atoms with Crippen molar-refractivity contribution in [2.45, 2.75) is 26.9 Å². The van der Waals surface area contributed by atoms with Crippen molar-refractivity contribution in [1.29, 1.82) is 0 Å². The highest BCUT2D eigenvalue weighted by molar-refractivity contribution is 14.1. The average Bonchev–Trinajstić information content (AvgIpc) is 2.57. The van der Waals surface area contributed by atoms with Crippen molar-refractivity contribution >= 4 is 63.0 Å². The number of hydrazone groups is 1. The predicted molar refractivity (Wildman–Crippen MR) is 123 cm³/mol. The highest BCUT2D eigenvalue weighted by atomic mass is 127. The lowest BCUT2D eigenvalue weighted by molar-refractivity contribution is -0.119. The largest absolute Gasteiger partial charge is 0.489 e. The number of anilines is 1. The molecule has 0 saturated carbocycles. The Kier molecular flexibility index (Phi) is 8.14. The first-order chi connectivity index (χ1) is 12.3. The van der Waals surface area contributed by atoms with Crippen LogP contribution in [0.1, 0.15) is 25.0 Å². The smallest absolute Gasteiger partial charge is 0.259 e. The zero-order valence-electron chi connectivity index (χ0n) is 14.8. The number of rotatable bonds is 7. The number of carbonyl (C=O) groups is 1. The second kappa shape index (κ2) is 10.1. The molecule has 0 saturated heterocycles. The van der Waals surface area contributed by atoms with Crippen molar-refractivity contribution in [3.63, 3.8) is 0 Å². The average molecular weight is 577 g/mol. The van der Waals surface area contributed by atoms with E-state index in [1.807, 2.05) is 57.2 Å². The second-order valence-electron chi connectivity index (χ2n) is 5.99. The van der Waals surface area contributed by atoms with E-state index in [4.69, 9.17) is 4.74 Å². The number of nitrogens with zero attached hydrogens (tertiary/aromatic N) is 1. The summed E-state index contributed by atoms with van der Waals surface area (Å²) in [6.45, 7) is 6.19. The van der Waals surface area contributed by atoms with E-state index in [2.05, 4.69) is 61.0 Å². The molecule has 0 fully saturated rings. The van der Waals surface area contributed by atoms with Gasteiger partial charge < -0.3 is 10.1 Å². The minimum Gasteiger partial charge on any atom is -0.489 e.